The molecule has 0 spiro atoms. The number of hydrogen-bond acceptors (Lipinski definition) is 2. The third-order valence-corrected chi connectivity index (χ3v) is 3.24. The summed E-state index contributed by atoms with van der Waals surface area (Å²) in [5.74, 6) is -0.253. The van der Waals surface area contributed by atoms with Gasteiger partial charge in [-0.15, -0.1) is 0 Å². The third-order valence-electron chi connectivity index (χ3n) is 2.53. The molecule has 0 aromatic heterocycles. The molecule has 94 valence electrons. The minimum Gasteiger partial charge on any atom is -0.368 e. The molecule has 1 rings (SSSR count). The van der Waals surface area contributed by atoms with Crippen molar-refractivity contribution in [2.24, 2.45) is 11.7 Å². The number of carbonyl (C=O) groups excluding carboxylic acids is 1. The molecule has 1 aromatic carbocycles. The Balaban J connectivity index is 2.75. The number of carbonyl (C=O) groups is 1. The van der Waals surface area contributed by atoms with Crippen LogP contribution in [-0.4, -0.2) is 11.9 Å². The second-order valence-corrected chi connectivity index (χ2v) is 5.02. The van der Waals surface area contributed by atoms with E-state index in [2.05, 4.69) is 5.32 Å². The van der Waals surface area contributed by atoms with E-state index in [-0.39, 0.29) is 17.9 Å². The van der Waals surface area contributed by atoms with Crippen molar-refractivity contribution >= 4 is 29.1 Å². The number of nitrogens with one attached hydrogen (secondary N) is 1. The maximum absolute atomic E-state index is 11.2. The summed E-state index contributed by atoms with van der Waals surface area (Å²) in [7, 11) is 0. The van der Waals surface area contributed by atoms with Gasteiger partial charge in [0.15, 0.2) is 0 Å². The molecule has 0 aliphatic carbocycles. The Morgan fingerprint density at radius 1 is 1.35 bits per heavy atom. The van der Waals surface area contributed by atoms with Crippen molar-refractivity contribution in [3.8, 4) is 0 Å². The molecule has 17 heavy (non-hydrogen) atoms. The molecule has 1 amide bonds. The van der Waals surface area contributed by atoms with Gasteiger partial charge in [-0.2, -0.15) is 0 Å². The third kappa shape index (κ3) is 3.87. The monoisotopic (exact) mass is 274 g/mol. The number of halogens is 2. The molecule has 0 aliphatic rings. The van der Waals surface area contributed by atoms with Gasteiger partial charge in [0, 0.05) is 22.2 Å². The van der Waals surface area contributed by atoms with Gasteiger partial charge in [-0.25, -0.2) is 0 Å². The highest BCUT2D eigenvalue weighted by Gasteiger charge is 2.19. The minimum absolute atomic E-state index is 0.119. The second kappa shape index (κ2) is 6.24. The summed E-state index contributed by atoms with van der Waals surface area (Å²) in [5.41, 5.74) is 6.09. The summed E-state index contributed by atoms with van der Waals surface area (Å²) in [6, 6.07) is 4.92. The Kier molecular flexibility index (Phi) is 5.25. The molecule has 0 saturated carbocycles. The predicted octanol–water partition coefficient (Wildman–Crippen LogP) is 2.59. The lowest BCUT2D eigenvalue weighted by Gasteiger charge is -2.19. The van der Waals surface area contributed by atoms with Crippen molar-refractivity contribution in [2.45, 2.75) is 26.4 Å². The van der Waals surface area contributed by atoms with Gasteiger partial charge in [0.05, 0.1) is 6.04 Å². The SMILES string of the molecule is CC(C)C(NCc1c(Cl)cccc1Cl)C(N)=O. The summed E-state index contributed by atoms with van der Waals surface area (Å²) in [4.78, 5) is 11.2. The normalized spacial score (nSPS) is 12.8. The van der Waals surface area contributed by atoms with E-state index in [1.54, 1.807) is 18.2 Å². The van der Waals surface area contributed by atoms with Gasteiger partial charge < -0.3 is 11.1 Å². The van der Waals surface area contributed by atoms with Gasteiger partial charge in [-0.05, 0) is 18.1 Å². The molecular formula is C12H16Cl2N2O. The molecular weight excluding hydrogens is 259 g/mol. The van der Waals surface area contributed by atoms with Crippen LogP contribution in [0.1, 0.15) is 19.4 Å². The Morgan fingerprint density at radius 3 is 2.29 bits per heavy atom. The van der Waals surface area contributed by atoms with E-state index in [0.29, 0.717) is 16.6 Å². The largest absolute Gasteiger partial charge is 0.368 e. The number of amides is 1. The number of nitrogens with two attached hydrogens (primary N) is 1. The van der Waals surface area contributed by atoms with E-state index in [9.17, 15) is 4.79 Å². The molecule has 1 aromatic rings. The molecule has 0 heterocycles. The summed E-state index contributed by atoms with van der Waals surface area (Å²) < 4.78 is 0. The van der Waals surface area contributed by atoms with Gasteiger partial charge in [0.25, 0.3) is 0 Å². The van der Waals surface area contributed by atoms with Gasteiger partial charge in [0.2, 0.25) is 5.91 Å². The van der Waals surface area contributed by atoms with Gasteiger partial charge >= 0.3 is 0 Å². The van der Waals surface area contributed by atoms with Crippen LogP contribution >= 0.6 is 23.2 Å². The van der Waals surface area contributed by atoms with Gasteiger partial charge in [0.1, 0.15) is 0 Å². The zero-order valence-corrected chi connectivity index (χ0v) is 11.3. The first-order valence-electron chi connectivity index (χ1n) is 5.39. The maximum atomic E-state index is 11.2. The van der Waals surface area contributed by atoms with Crippen molar-refractivity contribution < 1.29 is 4.79 Å². The zero-order valence-electron chi connectivity index (χ0n) is 9.84. The second-order valence-electron chi connectivity index (χ2n) is 4.21. The lowest BCUT2D eigenvalue weighted by atomic mass is 10.0. The molecule has 0 saturated heterocycles. The fraction of sp³-hybridized carbons (Fsp3) is 0.417. The highest BCUT2D eigenvalue weighted by Crippen LogP contribution is 2.24. The molecule has 3 N–H and O–H groups in total. The van der Waals surface area contributed by atoms with E-state index < -0.39 is 0 Å². The topological polar surface area (TPSA) is 55.1 Å². The lowest BCUT2D eigenvalue weighted by molar-refractivity contribution is -0.121. The van der Waals surface area contributed by atoms with Crippen LogP contribution in [0.25, 0.3) is 0 Å². The Morgan fingerprint density at radius 2 is 1.88 bits per heavy atom. The highest BCUT2D eigenvalue weighted by molar-refractivity contribution is 6.35. The van der Waals surface area contributed by atoms with Gasteiger partial charge in [-0.1, -0.05) is 43.1 Å². The van der Waals surface area contributed by atoms with Crippen LogP contribution in [0.15, 0.2) is 18.2 Å². The van der Waals surface area contributed by atoms with E-state index in [1.165, 1.54) is 0 Å². The van der Waals surface area contributed by atoms with Crippen LogP contribution in [0.2, 0.25) is 10.0 Å². The van der Waals surface area contributed by atoms with E-state index >= 15 is 0 Å². The van der Waals surface area contributed by atoms with Crippen molar-refractivity contribution in [3.63, 3.8) is 0 Å². The molecule has 0 bridgehead atoms. The van der Waals surface area contributed by atoms with Crippen molar-refractivity contribution in [2.75, 3.05) is 0 Å². The summed E-state index contributed by atoms with van der Waals surface area (Å²) in [5, 5.41) is 4.23. The van der Waals surface area contributed by atoms with Crippen molar-refractivity contribution in [1.82, 2.24) is 5.32 Å². The quantitative estimate of drug-likeness (QED) is 0.867. The van der Waals surface area contributed by atoms with E-state index in [1.807, 2.05) is 13.8 Å². The first-order chi connectivity index (χ1) is 7.93. The number of rotatable bonds is 5. The van der Waals surface area contributed by atoms with Crippen LogP contribution in [0.3, 0.4) is 0 Å². The Bertz CT molecular complexity index is 387. The first kappa shape index (κ1) is 14.3. The molecule has 1 unspecified atom stereocenters. The van der Waals surface area contributed by atoms with Crippen LogP contribution < -0.4 is 11.1 Å². The molecule has 3 nitrogen and oxygen atoms in total. The summed E-state index contributed by atoms with van der Waals surface area (Å²) >= 11 is 12.1. The molecule has 1 atom stereocenters. The lowest BCUT2D eigenvalue weighted by Crippen LogP contribution is -2.44. The predicted molar refractivity (Wildman–Crippen MR) is 71.1 cm³/mol. The van der Waals surface area contributed by atoms with Crippen molar-refractivity contribution in [3.05, 3.63) is 33.8 Å². The molecule has 0 radical (unpaired) electrons. The van der Waals surface area contributed by atoms with Crippen LogP contribution in [0.4, 0.5) is 0 Å². The Labute approximate surface area is 111 Å². The van der Waals surface area contributed by atoms with Crippen LogP contribution in [0.5, 0.6) is 0 Å². The minimum atomic E-state index is -0.387. The summed E-state index contributed by atoms with van der Waals surface area (Å²) in [6.07, 6.45) is 0. The fourth-order valence-electron chi connectivity index (χ4n) is 1.58. The summed E-state index contributed by atoms with van der Waals surface area (Å²) in [6.45, 7) is 4.28. The van der Waals surface area contributed by atoms with E-state index in [0.717, 1.165) is 5.56 Å². The van der Waals surface area contributed by atoms with Crippen LogP contribution in [-0.2, 0) is 11.3 Å². The van der Waals surface area contributed by atoms with Crippen molar-refractivity contribution in [1.29, 1.82) is 0 Å². The van der Waals surface area contributed by atoms with Gasteiger partial charge in [-0.3, -0.25) is 4.79 Å². The zero-order chi connectivity index (χ0) is 13.0. The number of primary amides is 1. The smallest absolute Gasteiger partial charge is 0.234 e. The maximum Gasteiger partial charge on any atom is 0.234 e. The van der Waals surface area contributed by atoms with E-state index in [4.69, 9.17) is 28.9 Å². The average Bonchev–Trinajstić information content (AvgIpc) is 2.21. The fourth-order valence-corrected chi connectivity index (χ4v) is 2.11. The standard InChI is InChI=1S/C12H16Cl2N2O/c1-7(2)11(12(15)17)16-6-8-9(13)4-3-5-10(8)14/h3-5,7,11,16H,6H2,1-2H3,(H2,15,17). The molecule has 5 heteroatoms. The first-order valence-corrected chi connectivity index (χ1v) is 6.14. The van der Waals surface area contributed by atoms with Crippen LogP contribution in [0, 0.1) is 5.92 Å². The highest BCUT2D eigenvalue weighted by atomic mass is 35.5. The molecule has 0 fully saturated rings. The number of benzene rings is 1. The average molecular weight is 275 g/mol. The number of hydrogen-bond donors (Lipinski definition) is 2. The molecule has 0 aliphatic heterocycles. The Hall–Kier alpha value is -0.770.